The monoisotopic (exact) mass is 637 g/mol. The number of rotatable bonds is 16. The van der Waals surface area contributed by atoms with E-state index >= 15 is 0 Å². The molecule has 254 valence electrons. The number of likely N-dealkylation sites (tertiary alicyclic amines) is 1. The highest BCUT2D eigenvalue weighted by Crippen LogP contribution is 2.35. The number of carboxylic acid groups (broad SMARTS) is 1. The van der Waals surface area contributed by atoms with Crippen molar-refractivity contribution in [1.29, 1.82) is 0 Å². The van der Waals surface area contributed by atoms with Crippen LogP contribution in [0.25, 0.3) is 0 Å². The minimum atomic E-state index is -1.13. The van der Waals surface area contributed by atoms with Crippen molar-refractivity contribution in [2.75, 3.05) is 6.54 Å². The number of hydrogen-bond donors (Lipinski definition) is 5. The van der Waals surface area contributed by atoms with Gasteiger partial charge in [-0.3, -0.25) is 14.5 Å². The maximum atomic E-state index is 14.3. The van der Waals surface area contributed by atoms with Gasteiger partial charge >= 0.3 is 6.09 Å². The molecule has 1 aliphatic carbocycles. The van der Waals surface area contributed by atoms with Crippen LogP contribution in [0.2, 0.25) is 0 Å². The van der Waals surface area contributed by atoms with Crippen molar-refractivity contribution in [1.82, 2.24) is 25.5 Å². The van der Waals surface area contributed by atoms with Crippen LogP contribution in [-0.4, -0.2) is 73.8 Å². The summed E-state index contributed by atoms with van der Waals surface area (Å²) in [5.74, 6) is 0.285. The number of hydrogen-bond acceptors (Lipinski definition) is 5. The number of benzene rings is 1. The van der Waals surface area contributed by atoms with Crippen LogP contribution in [0.4, 0.5) is 4.79 Å². The molecule has 1 saturated carbocycles. The Morgan fingerprint density at radius 1 is 1.02 bits per heavy atom. The standard InChI is InChI=1S/C36H55N5O5/c1-4-27(24(2)3)20-33(42)29(18-25-12-7-5-8-13-25)30(21-28-22-37-23-38-28)39-34(43)31(19-26-14-9-6-10-15-26)40-35(44)32-16-11-17-41(32)36(45)46/h6,9-10,14-15,22-25,27,29-33,42H,4-5,7-8,11-13,16-21H2,1-3H3,(H,37,38)(H,39,43)(H,40,44)(H,45,46)/t27-,29-,30-,31-,32+,33-/m0/s1. The first-order valence-corrected chi connectivity index (χ1v) is 17.5. The van der Waals surface area contributed by atoms with Gasteiger partial charge in [-0.1, -0.05) is 89.6 Å². The van der Waals surface area contributed by atoms with Crippen molar-refractivity contribution in [3.8, 4) is 0 Å². The molecule has 6 atom stereocenters. The van der Waals surface area contributed by atoms with E-state index in [0.29, 0.717) is 50.0 Å². The highest BCUT2D eigenvalue weighted by atomic mass is 16.4. The summed E-state index contributed by atoms with van der Waals surface area (Å²) in [5, 5.41) is 27.8. The number of H-pyrrole nitrogens is 1. The topological polar surface area (TPSA) is 148 Å². The molecule has 2 aromatic rings. The Kier molecular flexibility index (Phi) is 13.5. The molecule has 2 aliphatic rings. The molecule has 1 aromatic heterocycles. The van der Waals surface area contributed by atoms with Gasteiger partial charge in [0.05, 0.1) is 18.1 Å². The molecule has 0 radical (unpaired) electrons. The molecule has 10 nitrogen and oxygen atoms in total. The van der Waals surface area contributed by atoms with E-state index in [0.717, 1.165) is 41.8 Å². The second-order valence-corrected chi connectivity index (χ2v) is 13.9. The predicted molar refractivity (Wildman–Crippen MR) is 178 cm³/mol. The fourth-order valence-corrected chi connectivity index (χ4v) is 7.61. The Morgan fingerprint density at radius 2 is 1.76 bits per heavy atom. The Morgan fingerprint density at radius 3 is 2.39 bits per heavy atom. The van der Waals surface area contributed by atoms with Crippen molar-refractivity contribution >= 4 is 17.9 Å². The molecule has 0 bridgehead atoms. The van der Waals surface area contributed by atoms with Crippen molar-refractivity contribution < 1.29 is 24.6 Å². The highest BCUT2D eigenvalue weighted by Gasteiger charge is 2.38. The molecular weight excluding hydrogens is 582 g/mol. The lowest BCUT2D eigenvalue weighted by Crippen LogP contribution is -2.57. The molecule has 4 rings (SSSR count). The maximum Gasteiger partial charge on any atom is 0.407 e. The summed E-state index contributed by atoms with van der Waals surface area (Å²) in [4.78, 5) is 48.2. The number of amides is 3. The van der Waals surface area contributed by atoms with E-state index in [1.807, 2.05) is 36.5 Å². The minimum absolute atomic E-state index is 0.193. The van der Waals surface area contributed by atoms with Gasteiger partial charge in [0.1, 0.15) is 12.1 Å². The Hall–Kier alpha value is -3.40. The lowest BCUT2D eigenvalue weighted by atomic mass is 9.74. The van der Waals surface area contributed by atoms with Crippen LogP contribution in [0.15, 0.2) is 42.9 Å². The fraction of sp³-hybridized carbons (Fsp3) is 0.667. The molecule has 1 aromatic carbocycles. The molecule has 2 heterocycles. The summed E-state index contributed by atoms with van der Waals surface area (Å²) in [6.07, 6.45) is 11.8. The first-order chi connectivity index (χ1) is 22.2. The van der Waals surface area contributed by atoms with Crippen LogP contribution in [0.5, 0.6) is 0 Å². The normalized spacial score (nSPS) is 20.5. The molecule has 0 unspecified atom stereocenters. The van der Waals surface area contributed by atoms with E-state index in [4.69, 9.17) is 0 Å². The highest BCUT2D eigenvalue weighted by molar-refractivity contribution is 5.91. The second kappa shape index (κ2) is 17.5. The van der Waals surface area contributed by atoms with E-state index in [9.17, 15) is 24.6 Å². The lowest BCUT2D eigenvalue weighted by Gasteiger charge is -2.37. The molecular formula is C36H55N5O5. The average molecular weight is 638 g/mol. The van der Waals surface area contributed by atoms with Gasteiger partial charge in [0, 0.05) is 37.5 Å². The number of aromatic amines is 1. The lowest BCUT2D eigenvalue weighted by molar-refractivity contribution is -0.131. The van der Waals surface area contributed by atoms with Gasteiger partial charge in [0.25, 0.3) is 0 Å². The molecule has 0 spiro atoms. The predicted octanol–water partition coefficient (Wildman–Crippen LogP) is 5.33. The maximum absolute atomic E-state index is 14.3. The van der Waals surface area contributed by atoms with Gasteiger partial charge in [-0.15, -0.1) is 0 Å². The van der Waals surface area contributed by atoms with Crippen molar-refractivity contribution in [2.24, 2.45) is 23.7 Å². The third-order valence-corrected chi connectivity index (χ3v) is 10.4. The molecule has 1 saturated heterocycles. The van der Waals surface area contributed by atoms with Crippen LogP contribution in [0.1, 0.15) is 96.2 Å². The summed E-state index contributed by atoms with van der Waals surface area (Å²) in [7, 11) is 0. The number of nitrogens with one attached hydrogen (secondary N) is 3. The zero-order valence-electron chi connectivity index (χ0n) is 27.9. The summed E-state index contributed by atoms with van der Waals surface area (Å²) in [5.41, 5.74) is 1.68. The first-order valence-electron chi connectivity index (χ1n) is 17.5. The molecule has 46 heavy (non-hydrogen) atoms. The Labute approximate surface area is 274 Å². The number of aliphatic hydroxyl groups excluding tert-OH is 1. The van der Waals surface area contributed by atoms with Gasteiger partial charge in [0.15, 0.2) is 0 Å². The van der Waals surface area contributed by atoms with Crippen LogP contribution < -0.4 is 10.6 Å². The van der Waals surface area contributed by atoms with E-state index in [1.54, 1.807) is 6.33 Å². The van der Waals surface area contributed by atoms with Crippen molar-refractivity contribution in [2.45, 2.75) is 122 Å². The number of aliphatic hydroxyl groups is 1. The number of carbonyl (C=O) groups excluding carboxylic acids is 2. The molecule has 3 amide bonds. The third-order valence-electron chi connectivity index (χ3n) is 10.4. The summed E-state index contributed by atoms with van der Waals surface area (Å²) in [6.45, 7) is 6.87. The van der Waals surface area contributed by atoms with Crippen LogP contribution in [-0.2, 0) is 22.4 Å². The summed E-state index contributed by atoms with van der Waals surface area (Å²) in [6, 6.07) is 7.37. The van der Waals surface area contributed by atoms with Gasteiger partial charge in [-0.2, -0.15) is 0 Å². The molecule has 2 fully saturated rings. The van der Waals surface area contributed by atoms with E-state index in [2.05, 4.69) is 41.4 Å². The Bertz CT molecular complexity index is 1220. The number of aromatic nitrogens is 2. The Balaban J connectivity index is 1.62. The number of carbonyl (C=O) groups is 3. The number of nitrogens with zero attached hydrogens (tertiary/aromatic N) is 2. The first kappa shape index (κ1) is 35.5. The SMILES string of the molecule is CC[C@@H](C[C@H](O)[C@@H](CC1CCCCC1)[C@H](Cc1c[nH]cn1)NC(=O)[C@H](Cc1ccccc1)NC(=O)[C@H]1CCCN1C(=O)O)C(C)C. The van der Waals surface area contributed by atoms with Crippen LogP contribution >= 0.6 is 0 Å². The third kappa shape index (κ3) is 10.0. The van der Waals surface area contributed by atoms with Crippen LogP contribution in [0, 0.1) is 23.7 Å². The van der Waals surface area contributed by atoms with E-state index in [-0.39, 0.29) is 18.2 Å². The zero-order chi connectivity index (χ0) is 33.1. The molecule has 1 aliphatic heterocycles. The summed E-state index contributed by atoms with van der Waals surface area (Å²) < 4.78 is 0. The largest absolute Gasteiger partial charge is 0.465 e. The van der Waals surface area contributed by atoms with Gasteiger partial charge in [-0.05, 0) is 49.0 Å². The van der Waals surface area contributed by atoms with Crippen molar-refractivity contribution in [3.63, 3.8) is 0 Å². The molecule has 5 N–H and O–H groups in total. The summed E-state index contributed by atoms with van der Waals surface area (Å²) >= 11 is 0. The fourth-order valence-electron chi connectivity index (χ4n) is 7.61. The minimum Gasteiger partial charge on any atom is -0.465 e. The van der Waals surface area contributed by atoms with Gasteiger partial charge in [0.2, 0.25) is 11.8 Å². The van der Waals surface area contributed by atoms with Crippen LogP contribution in [0.3, 0.4) is 0 Å². The van der Waals surface area contributed by atoms with Gasteiger partial charge in [-0.25, -0.2) is 9.78 Å². The molecule has 10 heteroatoms. The van der Waals surface area contributed by atoms with E-state index < -0.39 is 36.2 Å². The van der Waals surface area contributed by atoms with Crippen molar-refractivity contribution in [3.05, 3.63) is 54.1 Å². The smallest absolute Gasteiger partial charge is 0.407 e. The zero-order valence-corrected chi connectivity index (χ0v) is 27.9. The van der Waals surface area contributed by atoms with E-state index in [1.165, 1.54) is 19.3 Å². The average Bonchev–Trinajstić information content (AvgIpc) is 3.75. The quantitative estimate of drug-likeness (QED) is 0.168. The number of imidazole rings is 1. The van der Waals surface area contributed by atoms with Gasteiger partial charge < -0.3 is 25.8 Å². The second-order valence-electron chi connectivity index (χ2n) is 13.9.